The van der Waals surface area contributed by atoms with Crippen molar-refractivity contribution in [3.05, 3.63) is 33.7 Å². The van der Waals surface area contributed by atoms with Crippen molar-refractivity contribution in [2.45, 2.75) is 37.8 Å². The molecule has 4 aliphatic rings. The van der Waals surface area contributed by atoms with Gasteiger partial charge < -0.3 is 10.2 Å². The van der Waals surface area contributed by atoms with Gasteiger partial charge in [0.2, 0.25) is 0 Å². The molecule has 24 heavy (non-hydrogen) atoms. The van der Waals surface area contributed by atoms with Gasteiger partial charge in [-0.15, -0.1) is 11.3 Å². The fourth-order valence-corrected chi connectivity index (χ4v) is 5.90. The molecule has 0 radical (unpaired) electrons. The molecule has 4 unspecified atom stereocenters. The quantitative estimate of drug-likeness (QED) is 0.898. The van der Waals surface area contributed by atoms with E-state index in [1.165, 1.54) is 19.3 Å². The van der Waals surface area contributed by atoms with Crippen LogP contribution in [0.5, 0.6) is 0 Å². The van der Waals surface area contributed by atoms with Gasteiger partial charge in [0.05, 0.1) is 23.9 Å². The summed E-state index contributed by atoms with van der Waals surface area (Å²) in [4.78, 5) is 30.3. The van der Waals surface area contributed by atoms with Crippen LogP contribution in [0.25, 0.3) is 0 Å². The van der Waals surface area contributed by atoms with E-state index in [1.807, 2.05) is 17.5 Å². The van der Waals surface area contributed by atoms with Crippen LogP contribution in [0, 0.1) is 11.8 Å². The molecule has 2 aliphatic heterocycles. The Kier molecular flexibility index (Phi) is 3.08. The van der Waals surface area contributed by atoms with Crippen LogP contribution in [-0.4, -0.2) is 41.4 Å². The zero-order chi connectivity index (χ0) is 16.4. The first-order valence-electron chi connectivity index (χ1n) is 8.75. The number of fused-ring (bicyclic) bond motifs is 2. The summed E-state index contributed by atoms with van der Waals surface area (Å²) in [5.74, 6) is 1.60. The number of likely N-dealkylation sites (N-methyl/N-ethyl adjacent to an activating group) is 1. The normalized spacial score (nSPS) is 35.0. The largest absolute Gasteiger partial charge is 0.330 e. The van der Waals surface area contributed by atoms with Crippen molar-refractivity contribution < 1.29 is 9.59 Å². The molecule has 0 saturated heterocycles. The van der Waals surface area contributed by atoms with E-state index in [9.17, 15) is 9.59 Å². The molecule has 3 heterocycles. The molecule has 4 atom stereocenters. The zero-order valence-electron chi connectivity index (χ0n) is 13.7. The maximum absolute atomic E-state index is 13.3. The number of thiophene rings is 1. The second-order valence-corrected chi connectivity index (χ2v) is 8.47. The molecule has 0 aromatic carbocycles. The second kappa shape index (κ2) is 5.09. The van der Waals surface area contributed by atoms with Gasteiger partial charge in [-0.25, -0.2) is 4.79 Å². The van der Waals surface area contributed by atoms with Gasteiger partial charge in [0, 0.05) is 18.0 Å². The first-order valence-corrected chi connectivity index (χ1v) is 9.63. The number of carbonyl (C=O) groups excluding carboxylic acids is 2. The van der Waals surface area contributed by atoms with Crippen LogP contribution in [0.1, 0.15) is 36.6 Å². The van der Waals surface area contributed by atoms with E-state index in [2.05, 4.69) is 10.2 Å². The Bertz CT molecular complexity index is 741. The van der Waals surface area contributed by atoms with Gasteiger partial charge in [0.1, 0.15) is 0 Å². The Morgan fingerprint density at radius 1 is 1.25 bits per heavy atom. The maximum Gasteiger partial charge on any atom is 0.322 e. The summed E-state index contributed by atoms with van der Waals surface area (Å²) < 4.78 is 0. The fourth-order valence-electron chi connectivity index (χ4n) is 5.12. The molecule has 0 spiro atoms. The SMILES string of the molecule is CN1C(=O)NC(c2cccs2)C2=C1CN(C1CC3CCC1C3)C2=O. The molecular weight excluding hydrogens is 322 g/mol. The van der Waals surface area contributed by atoms with Gasteiger partial charge in [-0.3, -0.25) is 9.69 Å². The van der Waals surface area contributed by atoms with Crippen LogP contribution >= 0.6 is 11.3 Å². The number of nitrogens with zero attached hydrogens (tertiary/aromatic N) is 2. The average Bonchev–Trinajstić information content (AvgIpc) is 3.34. The van der Waals surface area contributed by atoms with E-state index in [0.717, 1.165) is 28.5 Å². The second-order valence-electron chi connectivity index (χ2n) is 7.49. The first kappa shape index (κ1) is 14.5. The van der Waals surface area contributed by atoms with E-state index in [4.69, 9.17) is 0 Å². The van der Waals surface area contributed by atoms with E-state index in [-0.39, 0.29) is 18.0 Å². The highest BCUT2D eigenvalue weighted by Crippen LogP contribution is 2.49. The number of hydrogen-bond donors (Lipinski definition) is 1. The van der Waals surface area contributed by atoms with Crippen LogP contribution in [0.4, 0.5) is 4.79 Å². The first-order chi connectivity index (χ1) is 11.6. The number of nitrogens with one attached hydrogen (secondary N) is 1. The van der Waals surface area contributed by atoms with Crippen molar-refractivity contribution in [3.8, 4) is 0 Å². The minimum Gasteiger partial charge on any atom is -0.330 e. The molecule has 2 bridgehead atoms. The van der Waals surface area contributed by atoms with E-state index in [1.54, 1.807) is 23.3 Å². The zero-order valence-corrected chi connectivity index (χ0v) is 14.5. The van der Waals surface area contributed by atoms with Crippen LogP contribution < -0.4 is 5.32 Å². The molecule has 2 fully saturated rings. The Labute approximate surface area is 145 Å². The Morgan fingerprint density at radius 2 is 2.12 bits per heavy atom. The van der Waals surface area contributed by atoms with Crippen molar-refractivity contribution >= 4 is 23.3 Å². The van der Waals surface area contributed by atoms with Crippen LogP contribution in [0.2, 0.25) is 0 Å². The standard InChI is InChI=1S/C18H21N3O2S/c1-20-13-9-21(12-8-10-4-5-11(12)7-10)17(22)15(13)16(19-18(20)23)14-3-2-6-24-14/h2-3,6,10-12,16H,4-5,7-9H2,1H3,(H,19,23). The smallest absolute Gasteiger partial charge is 0.322 e. The highest BCUT2D eigenvalue weighted by Gasteiger charge is 2.50. The number of urea groups is 1. The van der Waals surface area contributed by atoms with Crippen LogP contribution in [0.3, 0.4) is 0 Å². The molecule has 2 aliphatic carbocycles. The number of hydrogen-bond acceptors (Lipinski definition) is 3. The molecule has 1 aromatic heterocycles. The minimum atomic E-state index is -0.292. The monoisotopic (exact) mass is 343 g/mol. The van der Waals surface area contributed by atoms with Crippen molar-refractivity contribution in [3.63, 3.8) is 0 Å². The third-order valence-electron chi connectivity index (χ3n) is 6.32. The highest BCUT2D eigenvalue weighted by molar-refractivity contribution is 7.10. The summed E-state index contributed by atoms with van der Waals surface area (Å²) in [6.07, 6.45) is 5.01. The Morgan fingerprint density at radius 3 is 2.79 bits per heavy atom. The number of carbonyl (C=O) groups is 2. The lowest BCUT2D eigenvalue weighted by Gasteiger charge is -2.32. The van der Waals surface area contributed by atoms with Gasteiger partial charge in [-0.1, -0.05) is 12.5 Å². The lowest BCUT2D eigenvalue weighted by Crippen LogP contribution is -2.45. The fraction of sp³-hybridized carbons (Fsp3) is 0.556. The predicted octanol–water partition coefficient (Wildman–Crippen LogP) is 2.73. The third-order valence-corrected chi connectivity index (χ3v) is 7.25. The molecule has 1 aromatic rings. The number of amides is 3. The average molecular weight is 343 g/mol. The third kappa shape index (κ3) is 1.92. The molecular formula is C18H21N3O2S. The van der Waals surface area contributed by atoms with Gasteiger partial charge in [-0.05, 0) is 42.5 Å². The van der Waals surface area contributed by atoms with E-state index in [0.29, 0.717) is 18.5 Å². The van der Waals surface area contributed by atoms with Crippen LogP contribution in [-0.2, 0) is 4.79 Å². The molecule has 126 valence electrons. The Balaban J connectivity index is 1.50. The highest BCUT2D eigenvalue weighted by atomic mass is 32.1. The van der Waals surface area contributed by atoms with Crippen LogP contribution in [0.15, 0.2) is 28.8 Å². The summed E-state index contributed by atoms with van der Waals surface area (Å²) in [5, 5.41) is 5.00. The molecule has 3 amide bonds. The molecule has 2 saturated carbocycles. The molecule has 5 rings (SSSR count). The van der Waals surface area contributed by atoms with Crippen molar-refractivity contribution in [1.29, 1.82) is 0 Å². The lowest BCUT2D eigenvalue weighted by atomic mass is 9.94. The summed E-state index contributed by atoms with van der Waals surface area (Å²) in [6.45, 7) is 0.591. The topological polar surface area (TPSA) is 52.7 Å². The molecule has 5 nitrogen and oxygen atoms in total. The van der Waals surface area contributed by atoms with Crippen molar-refractivity contribution in [1.82, 2.24) is 15.1 Å². The maximum atomic E-state index is 13.3. The van der Waals surface area contributed by atoms with E-state index < -0.39 is 0 Å². The Hall–Kier alpha value is -1.82. The van der Waals surface area contributed by atoms with E-state index >= 15 is 0 Å². The van der Waals surface area contributed by atoms with Gasteiger partial charge in [0.15, 0.2) is 0 Å². The molecule has 1 N–H and O–H groups in total. The number of rotatable bonds is 2. The van der Waals surface area contributed by atoms with Crippen molar-refractivity contribution in [2.75, 3.05) is 13.6 Å². The summed E-state index contributed by atoms with van der Waals surface area (Å²) in [6, 6.07) is 3.93. The molecule has 6 heteroatoms. The van der Waals surface area contributed by atoms with Gasteiger partial charge in [-0.2, -0.15) is 0 Å². The summed E-state index contributed by atoms with van der Waals surface area (Å²) in [5.41, 5.74) is 1.67. The van der Waals surface area contributed by atoms with Gasteiger partial charge in [0.25, 0.3) is 5.91 Å². The van der Waals surface area contributed by atoms with Crippen molar-refractivity contribution in [2.24, 2.45) is 11.8 Å². The minimum absolute atomic E-state index is 0.116. The van der Waals surface area contributed by atoms with Gasteiger partial charge >= 0.3 is 6.03 Å². The predicted molar refractivity (Wildman–Crippen MR) is 91.3 cm³/mol. The summed E-state index contributed by atoms with van der Waals surface area (Å²) >= 11 is 1.59. The summed E-state index contributed by atoms with van der Waals surface area (Å²) in [7, 11) is 1.77. The lowest BCUT2D eigenvalue weighted by molar-refractivity contribution is -0.128.